The van der Waals surface area contributed by atoms with E-state index >= 15 is 0 Å². The van der Waals surface area contributed by atoms with Crippen LogP contribution in [0.15, 0.2) is 66.9 Å². The highest BCUT2D eigenvalue weighted by atomic mass is 16.6. The SMILES string of the molecule is COc1ccc([N+](=O)[O-])cc1C(=O)NCc1cccc(OCc2ccccn2)c1. The van der Waals surface area contributed by atoms with E-state index in [9.17, 15) is 14.9 Å². The fourth-order valence-electron chi connectivity index (χ4n) is 2.65. The summed E-state index contributed by atoms with van der Waals surface area (Å²) in [5.41, 5.74) is 1.55. The molecule has 0 atom stereocenters. The quantitative estimate of drug-likeness (QED) is 0.464. The van der Waals surface area contributed by atoms with E-state index in [1.165, 1.54) is 25.3 Å². The van der Waals surface area contributed by atoms with Gasteiger partial charge in [0.15, 0.2) is 0 Å². The molecule has 0 aliphatic heterocycles. The van der Waals surface area contributed by atoms with Crippen molar-refractivity contribution in [1.29, 1.82) is 0 Å². The van der Waals surface area contributed by atoms with Gasteiger partial charge in [0.25, 0.3) is 11.6 Å². The Balaban J connectivity index is 1.65. The third kappa shape index (κ3) is 5.29. The Hall–Kier alpha value is -3.94. The van der Waals surface area contributed by atoms with Crippen LogP contribution in [0.2, 0.25) is 0 Å². The summed E-state index contributed by atoms with van der Waals surface area (Å²) in [4.78, 5) is 27.1. The molecule has 0 fully saturated rings. The zero-order valence-electron chi connectivity index (χ0n) is 15.7. The van der Waals surface area contributed by atoms with Crippen molar-refractivity contribution in [3.8, 4) is 11.5 Å². The normalized spacial score (nSPS) is 10.2. The Bertz CT molecular complexity index is 1010. The lowest BCUT2D eigenvalue weighted by molar-refractivity contribution is -0.384. The van der Waals surface area contributed by atoms with Crippen LogP contribution in [0.4, 0.5) is 5.69 Å². The number of methoxy groups -OCH3 is 1. The van der Waals surface area contributed by atoms with Crippen molar-refractivity contribution in [2.24, 2.45) is 0 Å². The van der Waals surface area contributed by atoms with Gasteiger partial charge in [0.2, 0.25) is 0 Å². The molecule has 3 aromatic rings. The molecule has 0 saturated heterocycles. The minimum absolute atomic E-state index is 0.101. The number of non-ortho nitro benzene ring substituents is 1. The molecule has 0 aliphatic rings. The number of rotatable bonds is 8. The summed E-state index contributed by atoms with van der Waals surface area (Å²) >= 11 is 0. The molecule has 0 aliphatic carbocycles. The van der Waals surface area contributed by atoms with Crippen LogP contribution >= 0.6 is 0 Å². The van der Waals surface area contributed by atoms with Gasteiger partial charge in [-0.05, 0) is 35.9 Å². The molecule has 0 unspecified atom stereocenters. The number of aromatic nitrogens is 1. The number of amides is 1. The number of nitrogens with one attached hydrogen (secondary N) is 1. The number of ether oxygens (including phenoxy) is 2. The van der Waals surface area contributed by atoms with E-state index in [-0.39, 0.29) is 23.5 Å². The van der Waals surface area contributed by atoms with Gasteiger partial charge in [-0.2, -0.15) is 0 Å². The lowest BCUT2D eigenvalue weighted by Gasteiger charge is -2.11. The molecule has 8 heteroatoms. The van der Waals surface area contributed by atoms with Crippen molar-refractivity contribution >= 4 is 11.6 Å². The predicted molar refractivity (Wildman–Crippen MR) is 106 cm³/mol. The Kier molecular flexibility index (Phi) is 6.36. The van der Waals surface area contributed by atoms with Crippen molar-refractivity contribution in [3.63, 3.8) is 0 Å². The van der Waals surface area contributed by atoms with Crippen LogP contribution in [0.3, 0.4) is 0 Å². The van der Waals surface area contributed by atoms with Crippen LogP contribution in [-0.4, -0.2) is 22.9 Å². The molecule has 1 N–H and O–H groups in total. The third-order valence-electron chi connectivity index (χ3n) is 4.10. The van der Waals surface area contributed by atoms with E-state index < -0.39 is 10.8 Å². The highest BCUT2D eigenvalue weighted by Crippen LogP contribution is 2.24. The van der Waals surface area contributed by atoms with E-state index in [0.717, 1.165) is 11.3 Å². The molecule has 1 aromatic heterocycles. The van der Waals surface area contributed by atoms with Crippen molar-refractivity contribution in [1.82, 2.24) is 10.3 Å². The van der Waals surface area contributed by atoms with E-state index in [1.807, 2.05) is 42.5 Å². The Morgan fingerprint density at radius 1 is 1.14 bits per heavy atom. The van der Waals surface area contributed by atoms with Gasteiger partial charge in [0.1, 0.15) is 18.1 Å². The van der Waals surface area contributed by atoms with Gasteiger partial charge < -0.3 is 14.8 Å². The molecule has 2 aromatic carbocycles. The summed E-state index contributed by atoms with van der Waals surface area (Å²) in [6, 6.07) is 16.8. The maximum Gasteiger partial charge on any atom is 0.270 e. The number of benzene rings is 2. The Labute approximate surface area is 167 Å². The van der Waals surface area contributed by atoms with Gasteiger partial charge in [-0.15, -0.1) is 0 Å². The Morgan fingerprint density at radius 2 is 2.00 bits per heavy atom. The molecule has 29 heavy (non-hydrogen) atoms. The van der Waals surface area contributed by atoms with Gasteiger partial charge in [-0.1, -0.05) is 18.2 Å². The highest BCUT2D eigenvalue weighted by Gasteiger charge is 2.17. The predicted octanol–water partition coefficient (Wildman–Crippen LogP) is 3.51. The lowest BCUT2D eigenvalue weighted by atomic mass is 10.1. The molecular weight excluding hydrogens is 374 g/mol. The second-order valence-electron chi connectivity index (χ2n) is 6.08. The molecule has 1 heterocycles. The average Bonchev–Trinajstić information content (AvgIpc) is 2.76. The number of hydrogen-bond acceptors (Lipinski definition) is 6. The Morgan fingerprint density at radius 3 is 2.72 bits per heavy atom. The highest BCUT2D eigenvalue weighted by molar-refractivity contribution is 5.97. The maximum atomic E-state index is 12.5. The number of carbonyl (C=O) groups excluding carboxylic acids is 1. The van der Waals surface area contributed by atoms with Crippen molar-refractivity contribution in [3.05, 3.63) is 93.8 Å². The van der Waals surface area contributed by atoms with Crippen LogP contribution in [0.25, 0.3) is 0 Å². The first-order valence-electron chi connectivity index (χ1n) is 8.79. The minimum atomic E-state index is -0.557. The average molecular weight is 393 g/mol. The van der Waals surface area contributed by atoms with Crippen molar-refractivity contribution in [2.45, 2.75) is 13.2 Å². The number of nitrogens with zero attached hydrogens (tertiary/aromatic N) is 2. The molecule has 148 valence electrons. The first-order chi connectivity index (χ1) is 14.1. The molecule has 8 nitrogen and oxygen atoms in total. The first-order valence-corrected chi connectivity index (χ1v) is 8.79. The van der Waals surface area contributed by atoms with Crippen molar-refractivity contribution < 1.29 is 19.2 Å². The second-order valence-corrected chi connectivity index (χ2v) is 6.08. The summed E-state index contributed by atoms with van der Waals surface area (Å²) < 4.78 is 10.9. The monoisotopic (exact) mass is 393 g/mol. The van der Waals surface area contributed by atoms with Crippen LogP contribution in [-0.2, 0) is 13.2 Å². The maximum absolute atomic E-state index is 12.5. The summed E-state index contributed by atoms with van der Waals surface area (Å²) in [5.74, 6) is 0.446. The first kappa shape index (κ1) is 19.8. The van der Waals surface area contributed by atoms with Gasteiger partial charge in [0.05, 0.1) is 23.3 Å². The number of hydrogen-bond donors (Lipinski definition) is 1. The lowest BCUT2D eigenvalue weighted by Crippen LogP contribution is -2.23. The third-order valence-corrected chi connectivity index (χ3v) is 4.10. The number of carbonyl (C=O) groups is 1. The zero-order valence-corrected chi connectivity index (χ0v) is 15.7. The molecule has 0 radical (unpaired) electrons. The zero-order chi connectivity index (χ0) is 20.6. The van der Waals surface area contributed by atoms with E-state index in [1.54, 1.807) is 6.20 Å². The van der Waals surface area contributed by atoms with Gasteiger partial charge in [-0.25, -0.2) is 0 Å². The molecule has 1 amide bonds. The second kappa shape index (κ2) is 9.32. The van der Waals surface area contributed by atoms with E-state index in [4.69, 9.17) is 9.47 Å². The number of nitro benzene ring substituents is 1. The van der Waals surface area contributed by atoms with Gasteiger partial charge in [0, 0.05) is 24.9 Å². The topological polar surface area (TPSA) is 104 Å². The molecule has 0 spiro atoms. The summed E-state index contributed by atoms with van der Waals surface area (Å²) in [6.45, 7) is 0.563. The molecule has 0 saturated carbocycles. The number of pyridine rings is 1. The smallest absolute Gasteiger partial charge is 0.270 e. The number of nitro groups is 1. The largest absolute Gasteiger partial charge is 0.496 e. The van der Waals surface area contributed by atoms with Crippen LogP contribution in [0.5, 0.6) is 11.5 Å². The van der Waals surface area contributed by atoms with Crippen LogP contribution in [0, 0.1) is 10.1 Å². The van der Waals surface area contributed by atoms with Crippen LogP contribution < -0.4 is 14.8 Å². The summed E-state index contributed by atoms with van der Waals surface area (Å²) in [7, 11) is 1.40. The van der Waals surface area contributed by atoms with Crippen LogP contribution in [0.1, 0.15) is 21.6 Å². The molecule has 0 bridgehead atoms. The van der Waals surface area contributed by atoms with E-state index in [0.29, 0.717) is 12.4 Å². The van der Waals surface area contributed by atoms with Crippen molar-refractivity contribution in [2.75, 3.05) is 7.11 Å². The fraction of sp³-hybridized carbons (Fsp3) is 0.143. The standard InChI is InChI=1S/C21H19N3O5/c1-28-20-9-8-17(24(26)27)12-19(20)21(25)23-13-15-5-4-7-18(11-15)29-14-16-6-2-3-10-22-16/h2-12H,13-14H2,1H3,(H,23,25). The summed E-state index contributed by atoms with van der Waals surface area (Å²) in [5, 5.41) is 13.7. The van der Waals surface area contributed by atoms with Gasteiger partial charge >= 0.3 is 0 Å². The molecule has 3 rings (SSSR count). The van der Waals surface area contributed by atoms with E-state index in [2.05, 4.69) is 10.3 Å². The molecular formula is C21H19N3O5. The fourth-order valence-corrected chi connectivity index (χ4v) is 2.65. The summed E-state index contributed by atoms with van der Waals surface area (Å²) in [6.07, 6.45) is 1.70. The van der Waals surface area contributed by atoms with Gasteiger partial charge in [-0.3, -0.25) is 19.9 Å². The minimum Gasteiger partial charge on any atom is -0.496 e.